The SMILES string of the molecule is CCCS(=O)(=O)NNc1nc(N)c2[nH]c(=O)n(Cc3cccc(C(N)=O)c3)c2n1. The van der Waals surface area contributed by atoms with Crippen LogP contribution in [0.3, 0.4) is 0 Å². The molecule has 0 saturated carbocycles. The minimum Gasteiger partial charge on any atom is -0.382 e. The van der Waals surface area contributed by atoms with Crippen molar-refractivity contribution in [3.05, 3.63) is 45.9 Å². The Hall–Kier alpha value is -3.45. The number of nitrogen functional groups attached to an aromatic ring is 1. The number of anilines is 2. The molecule has 0 aliphatic rings. The van der Waals surface area contributed by atoms with Crippen LogP contribution in [0, 0.1) is 0 Å². The monoisotopic (exact) mass is 420 g/mol. The average molecular weight is 420 g/mol. The number of amides is 1. The van der Waals surface area contributed by atoms with E-state index in [-0.39, 0.29) is 35.2 Å². The smallest absolute Gasteiger partial charge is 0.328 e. The number of primary amides is 1. The summed E-state index contributed by atoms with van der Waals surface area (Å²) in [5.41, 5.74) is 14.4. The second-order valence-electron chi connectivity index (χ2n) is 6.26. The molecule has 1 aromatic carbocycles. The standard InChI is InChI=1S/C16H20N8O4S/c1-2-6-29(27,28)23-22-15-20-12(17)11-14(21-15)24(16(26)19-11)8-9-4-3-5-10(7-9)13(18)25/h3-5,7,23H,2,6,8H2,1H3,(H2,18,25)(H,19,26)(H3,17,20,21,22). The van der Waals surface area contributed by atoms with E-state index in [4.69, 9.17) is 11.5 Å². The minimum atomic E-state index is -3.56. The summed E-state index contributed by atoms with van der Waals surface area (Å²) in [6.07, 6.45) is 0.431. The van der Waals surface area contributed by atoms with Crippen molar-refractivity contribution < 1.29 is 13.2 Å². The van der Waals surface area contributed by atoms with Crippen LogP contribution in [0.2, 0.25) is 0 Å². The number of hydrazine groups is 1. The number of carbonyl (C=O) groups is 1. The fourth-order valence-electron chi connectivity index (χ4n) is 2.70. The molecule has 7 N–H and O–H groups in total. The zero-order valence-electron chi connectivity index (χ0n) is 15.5. The van der Waals surface area contributed by atoms with Crippen LogP contribution < -0.4 is 27.4 Å². The molecule has 3 aromatic rings. The van der Waals surface area contributed by atoms with Gasteiger partial charge in [-0.05, 0) is 24.1 Å². The topological polar surface area (TPSA) is 191 Å². The largest absolute Gasteiger partial charge is 0.382 e. The van der Waals surface area contributed by atoms with Crippen molar-refractivity contribution in [2.45, 2.75) is 19.9 Å². The third-order valence-corrected chi connectivity index (χ3v) is 5.35. The van der Waals surface area contributed by atoms with Crippen molar-refractivity contribution in [1.29, 1.82) is 0 Å². The number of rotatable bonds is 8. The van der Waals surface area contributed by atoms with Gasteiger partial charge in [-0.3, -0.25) is 14.8 Å². The molecule has 1 amide bonds. The number of nitrogens with two attached hydrogens (primary N) is 2. The molecule has 0 unspecified atom stereocenters. The molecule has 2 aromatic heterocycles. The van der Waals surface area contributed by atoms with Gasteiger partial charge >= 0.3 is 5.69 Å². The fourth-order valence-corrected chi connectivity index (χ4v) is 3.59. The molecule has 154 valence electrons. The van der Waals surface area contributed by atoms with Gasteiger partial charge in [0, 0.05) is 5.56 Å². The molecule has 0 radical (unpaired) electrons. The number of aromatic amines is 1. The molecule has 0 spiro atoms. The van der Waals surface area contributed by atoms with Gasteiger partial charge in [0.1, 0.15) is 5.52 Å². The van der Waals surface area contributed by atoms with Crippen molar-refractivity contribution >= 4 is 38.9 Å². The Balaban J connectivity index is 1.97. The quantitative estimate of drug-likeness (QED) is 0.301. The lowest BCUT2D eigenvalue weighted by molar-refractivity contribution is 0.1000. The Labute approximate surface area is 165 Å². The van der Waals surface area contributed by atoms with Gasteiger partial charge in [-0.15, -0.1) is 4.83 Å². The van der Waals surface area contributed by atoms with E-state index >= 15 is 0 Å². The number of imidazole rings is 1. The lowest BCUT2D eigenvalue weighted by atomic mass is 10.1. The second kappa shape index (κ2) is 7.89. The van der Waals surface area contributed by atoms with Crippen LogP contribution in [0.1, 0.15) is 29.3 Å². The van der Waals surface area contributed by atoms with Gasteiger partial charge in [0.05, 0.1) is 12.3 Å². The summed E-state index contributed by atoms with van der Waals surface area (Å²) in [5, 5.41) is 0. The van der Waals surface area contributed by atoms with Crippen LogP contribution in [0.4, 0.5) is 11.8 Å². The van der Waals surface area contributed by atoms with Gasteiger partial charge in [0.15, 0.2) is 11.5 Å². The Morgan fingerprint density at radius 3 is 2.76 bits per heavy atom. The number of H-pyrrole nitrogens is 1. The normalized spacial score (nSPS) is 11.6. The maximum atomic E-state index is 12.4. The summed E-state index contributed by atoms with van der Waals surface area (Å²) in [4.78, 5) is 36.6. The van der Waals surface area contributed by atoms with Crippen LogP contribution in [0.25, 0.3) is 11.2 Å². The van der Waals surface area contributed by atoms with Crippen LogP contribution in [-0.2, 0) is 16.6 Å². The van der Waals surface area contributed by atoms with E-state index in [1.54, 1.807) is 31.2 Å². The molecule has 0 atom stereocenters. The summed E-state index contributed by atoms with van der Waals surface area (Å²) < 4.78 is 24.9. The summed E-state index contributed by atoms with van der Waals surface area (Å²) in [5.74, 6) is -0.819. The Kier molecular flexibility index (Phi) is 5.52. The van der Waals surface area contributed by atoms with Gasteiger partial charge in [0.2, 0.25) is 21.9 Å². The number of nitrogens with zero attached hydrogens (tertiary/aromatic N) is 3. The molecule has 0 aliphatic heterocycles. The van der Waals surface area contributed by atoms with Gasteiger partial charge in [-0.1, -0.05) is 19.1 Å². The van der Waals surface area contributed by atoms with E-state index < -0.39 is 21.6 Å². The van der Waals surface area contributed by atoms with E-state index in [0.717, 1.165) is 0 Å². The predicted octanol–water partition coefficient (Wildman–Crippen LogP) is -0.495. The number of nitrogens with one attached hydrogen (secondary N) is 3. The molecule has 13 heteroatoms. The summed E-state index contributed by atoms with van der Waals surface area (Å²) >= 11 is 0. The lowest BCUT2D eigenvalue weighted by Gasteiger charge is -2.09. The first-order chi connectivity index (χ1) is 13.7. The highest BCUT2D eigenvalue weighted by Gasteiger charge is 2.16. The van der Waals surface area contributed by atoms with E-state index in [9.17, 15) is 18.0 Å². The summed E-state index contributed by atoms with van der Waals surface area (Å²) in [6, 6.07) is 6.50. The van der Waals surface area contributed by atoms with Crippen molar-refractivity contribution in [1.82, 2.24) is 24.4 Å². The van der Waals surface area contributed by atoms with Crippen molar-refractivity contribution in [2.75, 3.05) is 16.9 Å². The number of hydrogen-bond donors (Lipinski definition) is 5. The second-order valence-corrected chi connectivity index (χ2v) is 8.10. The van der Waals surface area contributed by atoms with Crippen LogP contribution in [0.5, 0.6) is 0 Å². The van der Waals surface area contributed by atoms with Crippen LogP contribution in [0.15, 0.2) is 29.1 Å². The van der Waals surface area contributed by atoms with Gasteiger partial charge < -0.3 is 16.5 Å². The van der Waals surface area contributed by atoms with Gasteiger partial charge in [-0.25, -0.2) is 13.2 Å². The lowest BCUT2D eigenvalue weighted by Crippen LogP contribution is -2.32. The third kappa shape index (κ3) is 4.52. The molecular weight excluding hydrogens is 400 g/mol. The maximum Gasteiger partial charge on any atom is 0.328 e. The number of fused-ring (bicyclic) bond motifs is 1. The molecular formula is C16H20N8O4S. The van der Waals surface area contributed by atoms with E-state index in [0.29, 0.717) is 17.5 Å². The Morgan fingerprint density at radius 2 is 2.07 bits per heavy atom. The van der Waals surface area contributed by atoms with Crippen molar-refractivity contribution in [3.8, 4) is 0 Å². The number of benzene rings is 1. The zero-order valence-corrected chi connectivity index (χ0v) is 16.3. The van der Waals surface area contributed by atoms with Crippen LogP contribution in [-0.4, -0.2) is 39.6 Å². The fraction of sp³-hybridized carbons (Fsp3) is 0.250. The first kappa shape index (κ1) is 20.3. The molecule has 0 aliphatic carbocycles. The Bertz CT molecular complexity index is 1230. The molecule has 0 fully saturated rings. The maximum absolute atomic E-state index is 12.4. The first-order valence-electron chi connectivity index (χ1n) is 8.60. The number of sulfonamides is 1. The van der Waals surface area contributed by atoms with Crippen LogP contribution >= 0.6 is 0 Å². The molecule has 2 heterocycles. The Morgan fingerprint density at radius 1 is 1.31 bits per heavy atom. The molecule has 3 rings (SSSR count). The number of hydrogen-bond acceptors (Lipinski definition) is 8. The molecule has 0 saturated heterocycles. The van der Waals surface area contributed by atoms with E-state index in [1.807, 2.05) is 0 Å². The molecule has 29 heavy (non-hydrogen) atoms. The first-order valence-corrected chi connectivity index (χ1v) is 10.3. The molecule has 0 bridgehead atoms. The summed E-state index contributed by atoms with van der Waals surface area (Å²) in [6.45, 7) is 1.81. The van der Waals surface area contributed by atoms with Crippen molar-refractivity contribution in [2.24, 2.45) is 5.73 Å². The molecule has 12 nitrogen and oxygen atoms in total. The highest BCUT2D eigenvalue weighted by molar-refractivity contribution is 7.89. The number of aromatic nitrogens is 4. The van der Waals surface area contributed by atoms with E-state index in [1.165, 1.54) is 4.57 Å². The average Bonchev–Trinajstić information content (AvgIpc) is 2.97. The van der Waals surface area contributed by atoms with Gasteiger partial charge in [-0.2, -0.15) is 9.97 Å². The highest BCUT2D eigenvalue weighted by atomic mass is 32.2. The van der Waals surface area contributed by atoms with Gasteiger partial charge in [0.25, 0.3) is 0 Å². The van der Waals surface area contributed by atoms with E-state index in [2.05, 4.69) is 25.2 Å². The highest BCUT2D eigenvalue weighted by Crippen LogP contribution is 2.17. The third-order valence-electron chi connectivity index (χ3n) is 3.99. The number of carbonyl (C=O) groups excluding carboxylic acids is 1. The zero-order chi connectivity index (χ0) is 21.2. The van der Waals surface area contributed by atoms with Crippen molar-refractivity contribution in [3.63, 3.8) is 0 Å². The summed E-state index contributed by atoms with van der Waals surface area (Å²) in [7, 11) is -3.56. The predicted molar refractivity (Wildman–Crippen MR) is 107 cm³/mol. The minimum absolute atomic E-state index is 0.0334.